The Hall–Kier alpha value is -0.970. The highest BCUT2D eigenvalue weighted by Crippen LogP contribution is 2.16. The normalized spacial score (nSPS) is 12.3. The number of carbonyl (C=O) groups is 1. The first-order valence-corrected chi connectivity index (χ1v) is 7.45. The van der Waals surface area contributed by atoms with Gasteiger partial charge in [-0.3, -0.25) is 9.00 Å². The summed E-state index contributed by atoms with van der Waals surface area (Å²) in [6.45, 7) is 0. The van der Waals surface area contributed by atoms with Gasteiger partial charge in [0.25, 0.3) is 0 Å². The first-order chi connectivity index (χ1) is 8.16. The quantitative estimate of drug-likeness (QED) is 0.807. The van der Waals surface area contributed by atoms with Crippen LogP contribution in [0.3, 0.4) is 0 Å². The van der Waals surface area contributed by atoms with Crippen LogP contribution in [0.1, 0.15) is 10.4 Å². The maximum Gasteiger partial charge on any atom is 0.175 e. The lowest BCUT2D eigenvalue weighted by Gasteiger charge is -2.00. The van der Waals surface area contributed by atoms with Gasteiger partial charge in [0.05, 0.1) is 20.8 Å². The molecule has 0 aliphatic heterocycles. The molecule has 17 heavy (non-hydrogen) atoms. The van der Waals surface area contributed by atoms with Crippen molar-refractivity contribution in [2.75, 3.05) is 5.75 Å². The third kappa shape index (κ3) is 3.25. The van der Waals surface area contributed by atoms with Crippen LogP contribution in [0, 0.1) is 0 Å². The summed E-state index contributed by atoms with van der Waals surface area (Å²) in [5, 5.41) is 2.43. The predicted octanol–water partition coefficient (Wildman–Crippen LogP) is 3.39. The lowest BCUT2D eigenvalue weighted by Crippen LogP contribution is -2.10. The third-order valence-corrected chi connectivity index (χ3v) is 5.02. The van der Waals surface area contributed by atoms with Gasteiger partial charge in [0, 0.05) is 10.6 Å². The number of hydrogen-bond donors (Lipinski definition) is 0. The summed E-state index contributed by atoms with van der Waals surface area (Å²) >= 11 is 7.13. The van der Waals surface area contributed by atoms with Crippen molar-refractivity contribution in [2.45, 2.75) is 4.21 Å². The van der Waals surface area contributed by atoms with E-state index < -0.39 is 10.8 Å². The van der Waals surface area contributed by atoms with Crippen LogP contribution >= 0.6 is 22.9 Å². The van der Waals surface area contributed by atoms with Crippen LogP contribution < -0.4 is 0 Å². The summed E-state index contributed by atoms with van der Waals surface area (Å²) in [5.74, 6) is -0.115. The molecule has 1 unspecified atom stereocenters. The Kier molecular flexibility index (Phi) is 4.10. The molecular weight excluding hydrogens is 276 g/mol. The van der Waals surface area contributed by atoms with E-state index in [-0.39, 0.29) is 11.5 Å². The highest BCUT2D eigenvalue weighted by molar-refractivity contribution is 7.88. The van der Waals surface area contributed by atoms with Crippen molar-refractivity contribution in [1.29, 1.82) is 0 Å². The van der Waals surface area contributed by atoms with Gasteiger partial charge in [-0.05, 0) is 35.7 Å². The van der Waals surface area contributed by atoms with Gasteiger partial charge in [-0.1, -0.05) is 17.7 Å². The van der Waals surface area contributed by atoms with Gasteiger partial charge in [-0.15, -0.1) is 11.3 Å². The lowest BCUT2D eigenvalue weighted by molar-refractivity contribution is 0.102. The van der Waals surface area contributed by atoms with E-state index in [0.717, 1.165) is 4.21 Å². The standard InChI is InChI=1S/C12H9ClO2S2/c13-10-5-3-9(4-6-10)11(14)8-17(15)12-2-1-7-16-12/h1-7H,8H2. The summed E-state index contributed by atoms with van der Waals surface area (Å²) in [4.78, 5) is 11.8. The van der Waals surface area contributed by atoms with Gasteiger partial charge < -0.3 is 0 Å². The van der Waals surface area contributed by atoms with Gasteiger partial charge in [0.2, 0.25) is 0 Å². The van der Waals surface area contributed by atoms with Crippen molar-refractivity contribution in [3.05, 3.63) is 52.4 Å². The second-order valence-electron chi connectivity index (χ2n) is 3.35. The van der Waals surface area contributed by atoms with E-state index in [9.17, 15) is 9.00 Å². The van der Waals surface area contributed by atoms with Gasteiger partial charge in [0.1, 0.15) is 0 Å². The molecule has 0 amide bonds. The topological polar surface area (TPSA) is 34.1 Å². The molecule has 0 N–H and O–H groups in total. The smallest absolute Gasteiger partial charge is 0.175 e. The molecule has 2 rings (SSSR count). The molecule has 0 fully saturated rings. The minimum Gasteiger partial charge on any atom is -0.293 e. The van der Waals surface area contributed by atoms with Gasteiger partial charge in [-0.2, -0.15) is 0 Å². The summed E-state index contributed by atoms with van der Waals surface area (Å²) < 4.78 is 12.6. The SMILES string of the molecule is O=C(CS(=O)c1cccs1)c1ccc(Cl)cc1. The number of halogens is 1. The van der Waals surface area contributed by atoms with Crippen molar-refractivity contribution in [3.63, 3.8) is 0 Å². The number of ketones is 1. The van der Waals surface area contributed by atoms with Crippen LogP contribution in [0.25, 0.3) is 0 Å². The Bertz CT molecular complexity index is 532. The largest absolute Gasteiger partial charge is 0.293 e. The van der Waals surface area contributed by atoms with Crippen molar-refractivity contribution in [1.82, 2.24) is 0 Å². The second kappa shape index (κ2) is 5.58. The number of hydrogen-bond acceptors (Lipinski definition) is 3. The fourth-order valence-electron chi connectivity index (χ4n) is 1.30. The van der Waals surface area contributed by atoms with E-state index in [1.54, 1.807) is 30.3 Å². The van der Waals surface area contributed by atoms with Crippen molar-refractivity contribution < 1.29 is 9.00 Å². The second-order valence-corrected chi connectivity index (χ2v) is 6.41. The molecule has 0 spiro atoms. The molecule has 1 heterocycles. The number of thiophene rings is 1. The van der Waals surface area contributed by atoms with E-state index in [1.807, 2.05) is 11.4 Å². The number of carbonyl (C=O) groups excluding carboxylic acids is 1. The van der Waals surface area contributed by atoms with Crippen LogP contribution in [0.5, 0.6) is 0 Å². The zero-order chi connectivity index (χ0) is 12.3. The van der Waals surface area contributed by atoms with Crippen LogP contribution in [0.15, 0.2) is 46.0 Å². The summed E-state index contributed by atoms with van der Waals surface area (Å²) in [5.41, 5.74) is 0.541. The van der Waals surface area contributed by atoms with Crippen molar-refractivity contribution in [3.8, 4) is 0 Å². The fraction of sp³-hybridized carbons (Fsp3) is 0.0833. The molecule has 1 atom stereocenters. The Morgan fingerprint density at radius 2 is 1.94 bits per heavy atom. The van der Waals surface area contributed by atoms with Gasteiger partial charge >= 0.3 is 0 Å². The Balaban J connectivity index is 2.07. The molecule has 2 nitrogen and oxygen atoms in total. The molecule has 0 saturated heterocycles. The molecule has 1 aromatic carbocycles. The molecule has 2 aromatic rings. The average molecular weight is 285 g/mol. The van der Waals surface area contributed by atoms with E-state index in [4.69, 9.17) is 11.6 Å². The number of rotatable bonds is 4. The van der Waals surface area contributed by atoms with Gasteiger partial charge in [0.15, 0.2) is 5.78 Å². The maximum atomic E-state index is 11.8. The maximum absolute atomic E-state index is 11.8. The molecule has 0 radical (unpaired) electrons. The van der Waals surface area contributed by atoms with Crippen LogP contribution in [-0.2, 0) is 10.8 Å². The molecule has 0 aliphatic carbocycles. The lowest BCUT2D eigenvalue weighted by atomic mass is 10.1. The highest BCUT2D eigenvalue weighted by atomic mass is 35.5. The molecule has 88 valence electrons. The number of Topliss-reactive ketones (excluding diaryl/α,β-unsaturated/α-hetero) is 1. The molecule has 5 heteroatoms. The summed E-state index contributed by atoms with van der Waals surface area (Å²) in [6.07, 6.45) is 0. The Morgan fingerprint density at radius 3 is 2.53 bits per heavy atom. The van der Waals surface area contributed by atoms with Crippen LogP contribution in [-0.4, -0.2) is 15.7 Å². The van der Waals surface area contributed by atoms with E-state index in [1.165, 1.54) is 11.3 Å². The molecule has 0 saturated carbocycles. The molecular formula is C12H9ClO2S2. The highest BCUT2D eigenvalue weighted by Gasteiger charge is 2.12. The van der Waals surface area contributed by atoms with Crippen molar-refractivity contribution in [2.24, 2.45) is 0 Å². The average Bonchev–Trinajstić information content (AvgIpc) is 2.83. The monoisotopic (exact) mass is 284 g/mol. The first-order valence-electron chi connectivity index (χ1n) is 4.87. The van der Waals surface area contributed by atoms with Crippen molar-refractivity contribution >= 4 is 39.5 Å². The van der Waals surface area contributed by atoms with E-state index in [2.05, 4.69) is 0 Å². The molecule has 0 aliphatic rings. The minimum absolute atomic E-state index is 0.0160. The van der Waals surface area contributed by atoms with Crippen LogP contribution in [0.2, 0.25) is 5.02 Å². The molecule has 0 bridgehead atoms. The summed E-state index contributed by atoms with van der Waals surface area (Å²) in [7, 11) is -1.25. The third-order valence-electron chi connectivity index (χ3n) is 2.15. The Labute approximate surface area is 111 Å². The molecule has 1 aromatic heterocycles. The fourth-order valence-corrected chi connectivity index (χ4v) is 3.43. The van der Waals surface area contributed by atoms with E-state index >= 15 is 0 Å². The number of benzene rings is 1. The van der Waals surface area contributed by atoms with Crippen LogP contribution in [0.4, 0.5) is 0 Å². The summed E-state index contributed by atoms with van der Waals surface area (Å²) in [6, 6.07) is 10.2. The zero-order valence-electron chi connectivity index (χ0n) is 8.76. The Morgan fingerprint density at radius 1 is 1.24 bits per heavy atom. The van der Waals surface area contributed by atoms with Gasteiger partial charge in [-0.25, -0.2) is 0 Å². The first kappa shape index (κ1) is 12.5. The minimum atomic E-state index is -1.25. The van der Waals surface area contributed by atoms with E-state index in [0.29, 0.717) is 10.6 Å². The zero-order valence-corrected chi connectivity index (χ0v) is 11.1. The predicted molar refractivity (Wildman–Crippen MR) is 71.4 cm³/mol.